The first-order chi connectivity index (χ1) is 6.04. The highest BCUT2D eigenvalue weighted by Crippen LogP contribution is 2.12. The largest absolute Gasteiger partial charge is 0.483 e. The molecule has 3 nitrogen and oxygen atoms in total. The third kappa shape index (κ3) is 3.23. The van der Waals surface area contributed by atoms with Crippen molar-refractivity contribution in [2.24, 2.45) is 0 Å². The van der Waals surface area contributed by atoms with Crippen LogP contribution >= 0.6 is 0 Å². The second-order valence-corrected chi connectivity index (χ2v) is 2.88. The summed E-state index contributed by atoms with van der Waals surface area (Å²) in [5.74, 6) is 0. The van der Waals surface area contributed by atoms with Crippen LogP contribution in [0.1, 0.15) is 22.4 Å². The fraction of sp³-hybridized carbons (Fsp3) is 0.400. The predicted octanol–water partition coefficient (Wildman–Crippen LogP) is 2.02. The van der Waals surface area contributed by atoms with Crippen molar-refractivity contribution in [2.75, 3.05) is 0 Å². The van der Waals surface area contributed by atoms with Gasteiger partial charge in [0.05, 0.1) is 0 Å². The molecule has 0 bridgehead atoms. The second kappa shape index (κ2) is 5.30. The molecule has 0 atom stereocenters. The molecule has 0 saturated carbocycles. The molecule has 72 valence electrons. The summed E-state index contributed by atoms with van der Waals surface area (Å²) in [5, 5.41) is 6.89. The number of pyridine rings is 1. The Morgan fingerprint density at radius 3 is 2.08 bits per heavy atom. The fourth-order valence-electron chi connectivity index (χ4n) is 0.954. The van der Waals surface area contributed by atoms with Crippen LogP contribution in [-0.2, 0) is 4.79 Å². The Kier molecular flexibility index (Phi) is 4.74. The van der Waals surface area contributed by atoms with Gasteiger partial charge in [-0.2, -0.15) is 0 Å². The highest BCUT2D eigenvalue weighted by atomic mass is 16.3. The topological polar surface area (TPSA) is 50.2 Å². The van der Waals surface area contributed by atoms with Gasteiger partial charge in [0.15, 0.2) is 0 Å². The van der Waals surface area contributed by atoms with E-state index in [0.29, 0.717) is 0 Å². The van der Waals surface area contributed by atoms with Crippen molar-refractivity contribution in [3.8, 4) is 0 Å². The van der Waals surface area contributed by atoms with Crippen LogP contribution in [0.5, 0.6) is 0 Å². The maximum atomic E-state index is 8.36. The highest BCUT2D eigenvalue weighted by Gasteiger charge is 1.98. The smallest absolute Gasteiger partial charge is 0.290 e. The molecule has 0 fully saturated rings. The zero-order valence-electron chi connectivity index (χ0n) is 8.46. The first-order valence-electron chi connectivity index (χ1n) is 4.01. The Labute approximate surface area is 78.4 Å². The van der Waals surface area contributed by atoms with E-state index in [-0.39, 0.29) is 6.47 Å². The van der Waals surface area contributed by atoms with Gasteiger partial charge in [-0.1, -0.05) is 0 Å². The normalized spacial score (nSPS) is 8.62. The summed E-state index contributed by atoms with van der Waals surface area (Å²) in [7, 11) is 0. The number of aryl methyl sites for hydroxylation is 2. The number of hydrogen-bond acceptors (Lipinski definition) is 2. The Bertz CT molecular complexity index is 268. The van der Waals surface area contributed by atoms with Gasteiger partial charge >= 0.3 is 0 Å². The van der Waals surface area contributed by atoms with Crippen molar-refractivity contribution in [3.63, 3.8) is 0 Å². The van der Waals surface area contributed by atoms with Gasteiger partial charge in [-0.15, -0.1) is 0 Å². The molecule has 0 amide bonds. The summed E-state index contributed by atoms with van der Waals surface area (Å²) in [6, 6.07) is 0. The zero-order valence-corrected chi connectivity index (χ0v) is 8.46. The third-order valence-electron chi connectivity index (χ3n) is 2.15. The van der Waals surface area contributed by atoms with E-state index in [0.717, 1.165) is 5.69 Å². The number of carboxylic acid groups (broad SMARTS) is 1. The molecule has 0 aliphatic rings. The lowest BCUT2D eigenvalue weighted by atomic mass is 10.1. The van der Waals surface area contributed by atoms with Crippen LogP contribution in [0.4, 0.5) is 0 Å². The Balaban J connectivity index is 0.000000424. The van der Waals surface area contributed by atoms with Gasteiger partial charge in [-0.05, 0) is 44.4 Å². The fourth-order valence-corrected chi connectivity index (χ4v) is 0.954. The number of aromatic nitrogens is 1. The summed E-state index contributed by atoms with van der Waals surface area (Å²) < 4.78 is 0. The molecule has 3 heteroatoms. The van der Waals surface area contributed by atoms with Gasteiger partial charge in [-0.3, -0.25) is 9.78 Å². The van der Waals surface area contributed by atoms with Crippen molar-refractivity contribution in [1.82, 2.24) is 4.98 Å². The first-order valence-corrected chi connectivity index (χ1v) is 4.01. The summed E-state index contributed by atoms with van der Waals surface area (Å²) in [4.78, 5) is 12.6. The molecule has 1 rings (SSSR count). The van der Waals surface area contributed by atoms with Crippen molar-refractivity contribution >= 4 is 6.47 Å². The molecule has 1 aromatic heterocycles. The van der Waals surface area contributed by atoms with E-state index < -0.39 is 0 Å². The molecule has 0 aromatic carbocycles. The van der Waals surface area contributed by atoms with Gasteiger partial charge in [0.2, 0.25) is 0 Å². The van der Waals surface area contributed by atoms with Crippen molar-refractivity contribution in [2.45, 2.75) is 27.7 Å². The highest BCUT2D eigenvalue weighted by molar-refractivity contribution is 5.33. The standard InChI is InChI=1S/C9H13N.CH2O2/c1-6-5-10-9(4)8(3)7(6)2;2-1-3/h5H,1-4H3;1H,(H,2,3). The Morgan fingerprint density at radius 2 is 1.69 bits per heavy atom. The van der Waals surface area contributed by atoms with Crippen LogP contribution in [0.2, 0.25) is 0 Å². The molecule has 0 spiro atoms. The van der Waals surface area contributed by atoms with Crippen LogP contribution in [0.25, 0.3) is 0 Å². The lowest BCUT2D eigenvalue weighted by molar-refractivity contribution is -0.122. The minimum absolute atomic E-state index is 0.250. The minimum atomic E-state index is -0.250. The molecule has 13 heavy (non-hydrogen) atoms. The molecule has 1 N–H and O–H groups in total. The van der Waals surface area contributed by atoms with Gasteiger partial charge in [0, 0.05) is 11.9 Å². The van der Waals surface area contributed by atoms with Gasteiger partial charge in [0.1, 0.15) is 0 Å². The number of rotatable bonds is 0. The summed E-state index contributed by atoms with van der Waals surface area (Å²) in [6.07, 6.45) is 1.93. The maximum absolute atomic E-state index is 8.36. The molecular weight excluding hydrogens is 166 g/mol. The van der Waals surface area contributed by atoms with Crippen LogP contribution in [0.15, 0.2) is 6.20 Å². The van der Waals surface area contributed by atoms with Crippen LogP contribution < -0.4 is 0 Å². The third-order valence-corrected chi connectivity index (χ3v) is 2.15. The summed E-state index contributed by atoms with van der Waals surface area (Å²) in [6.45, 7) is 8.14. The molecular formula is C10H15NO2. The average Bonchev–Trinajstić information content (AvgIpc) is 2.10. The summed E-state index contributed by atoms with van der Waals surface area (Å²) in [5.41, 5.74) is 5.11. The monoisotopic (exact) mass is 181 g/mol. The van der Waals surface area contributed by atoms with E-state index in [2.05, 4.69) is 25.8 Å². The van der Waals surface area contributed by atoms with Crippen molar-refractivity contribution < 1.29 is 9.90 Å². The molecule has 0 aliphatic heterocycles. The quantitative estimate of drug-likeness (QED) is 0.623. The summed E-state index contributed by atoms with van der Waals surface area (Å²) >= 11 is 0. The molecule has 1 heterocycles. The van der Waals surface area contributed by atoms with E-state index in [9.17, 15) is 0 Å². The zero-order chi connectivity index (χ0) is 10.4. The van der Waals surface area contributed by atoms with E-state index >= 15 is 0 Å². The molecule has 0 saturated heterocycles. The first kappa shape index (κ1) is 11.6. The Morgan fingerprint density at radius 1 is 1.23 bits per heavy atom. The Hall–Kier alpha value is -1.38. The minimum Gasteiger partial charge on any atom is -0.483 e. The van der Waals surface area contributed by atoms with E-state index in [1.54, 1.807) is 0 Å². The van der Waals surface area contributed by atoms with Gasteiger partial charge in [0.25, 0.3) is 6.47 Å². The number of hydrogen-bond donors (Lipinski definition) is 1. The molecule has 0 aliphatic carbocycles. The predicted molar refractivity (Wildman–Crippen MR) is 51.9 cm³/mol. The van der Waals surface area contributed by atoms with Crippen LogP contribution in [-0.4, -0.2) is 16.6 Å². The molecule has 0 unspecified atom stereocenters. The van der Waals surface area contributed by atoms with Gasteiger partial charge < -0.3 is 5.11 Å². The van der Waals surface area contributed by atoms with E-state index in [1.165, 1.54) is 16.7 Å². The number of nitrogens with zero attached hydrogens (tertiary/aromatic N) is 1. The van der Waals surface area contributed by atoms with Gasteiger partial charge in [-0.25, -0.2) is 0 Å². The number of carbonyl (C=O) groups is 1. The van der Waals surface area contributed by atoms with Crippen molar-refractivity contribution in [3.05, 3.63) is 28.6 Å². The molecule has 1 aromatic rings. The van der Waals surface area contributed by atoms with E-state index in [1.807, 2.05) is 13.1 Å². The molecule has 0 radical (unpaired) electrons. The van der Waals surface area contributed by atoms with E-state index in [4.69, 9.17) is 9.90 Å². The lowest BCUT2D eigenvalue weighted by Crippen LogP contribution is -1.92. The lowest BCUT2D eigenvalue weighted by Gasteiger charge is -2.05. The van der Waals surface area contributed by atoms with Crippen LogP contribution in [0.3, 0.4) is 0 Å². The van der Waals surface area contributed by atoms with Crippen molar-refractivity contribution in [1.29, 1.82) is 0 Å². The van der Waals surface area contributed by atoms with Crippen LogP contribution in [0, 0.1) is 27.7 Å². The maximum Gasteiger partial charge on any atom is 0.290 e. The SMILES string of the molecule is Cc1cnc(C)c(C)c1C.O=CO. The average molecular weight is 181 g/mol. The second-order valence-electron chi connectivity index (χ2n) is 2.88.